The van der Waals surface area contributed by atoms with E-state index in [1.165, 1.54) is 17.8 Å². The molecular formula is C23H28F3N7O2. The fraction of sp³-hybridized carbons (Fsp3) is 0.391. The van der Waals surface area contributed by atoms with Crippen molar-refractivity contribution >= 4 is 17.5 Å². The zero-order valence-electron chi connectivity index (χ0n) is 19.5. The van der Waals surface area contributed by atoms with E-state index >= 15 is 0 Å². The molecule has 188 valence electrons. The van der Waals surface area contributed by atoms with Gasteiger partial charge in [0.25, 0.3) is 11.8 Å². The Kier molecular flexibility index (Phi) is 8.28. The number of hydrogen-bond acceptors (Lipinski definition) is 5. The maximum absolute atomic E-state index is 13.2. The first-order chi connectivity index (χ1) is 16.6. The number of aromatic amines is 1. The Labute approximate surface area is 200 Å². The smallest absolute Gasteiger partial charge is 0.352 e. The fourth-order valence-electron chi connectivity index (χ4n) is 3.68. The average Bonchev–Trinajstić information content (AvgIpc) is 3.42. The van der Waals surface area contributed by atoms with Crippen molar-refractivity contribution in [2.24, 2.45) is 12.8 Å². The van der Waals surface area contributed by atoms with Gasteiger partial charge >= 0.3 is 6.18 Å². The third-order valence-corrected chi connectivity index (χ3v) is 5.52. The number of hydrogen-bond donors (Lipinski definition) is 4. The molecule has 0 unspecified atom stereocenters. The molecule has 3 rings (SSSR count). The standard InChI is InChI=1S/C23H28F3N7O2/c1-14-11-15(7-8-16(14)21(34)28-10-6-4-3-5-9-27)31-22(35)20-29-13-18(33(20)2)17-12-30-32-19(17)23(24,25)26/h7-8,11-13H,3-6,9-10,27H2,1-2H3,(H,28,34)(H,30,32)(H,31,35). The van der Waals surface area contributed by atoms with Gasteiger partial charge < -0.3 is 20.9 Å². The Hall–Kier alpha value is -3.67. The number of nitrogens with zero attached hydrogens (tertiary/aromatic N) is 3. The minimum atomic E-state index is -4.65. The molecule has 0 saturated heterocycles. The number of benzene rings is 1. The van der Waals surface area contributed by atoms with Gasteiger partial charge in [0.1, 0.15) is 0 Å². The molecule has 35 heavy (non-hydrogen) atoms. The van der Waals surface area contributed by atoms with E-state index in [1.807, 2.05) is 0 Å². The van der Waals surface area contributed by atoms with E-state index in [4.69, 9.17) is 5.73 Å². The number of halogens is 3. The van der Waals surface area contributed by atoms with Crippen LogP contribution in [0.1, 0.15) is 57.9 Å². The molecule has 0 aliphatic heterocycles. The number of amides is 2. The number of anilines is 1. The minimum absolute atomic E-state index is 0.0802. The van der Waals surface area contributed by atoms with Crippen LogP contribution in [0.25, 0.3) is 11.3 Å². The van der Waals surface area contributed by atoms with Crippen LogP contribution in [0.4, 0.5) is 18.9 Å². The number of alkyl halides is 3. The van der Waals surface area contributed by atoms with Crippen LogP contribution in [0, 0.1) is 6.92 Å². The third-order valence-electron chi connectivity index (χ3n) is 5.52. The van der Waals surface area contributed by atoms with Gasteiger partial charge in [-0.05, 0) is 50.1 Å². The lowest BCUT2D eigenvalue weighted by Crippen LogP contribution is -2.25. The molecule has 12 heteroatoms. The fourth-order valence-corrected chi connectivity index (χ4v) is 3.68. The molecule has 1 aromatic carbocycles. The van der Waals surface area contributed by atoms with Gasteiger partial charge in [0.05, 0.1) is 17.5 Å². The Morgan fingerprint density at radius 3 is 2.57 bits per heavy atom. The molecule has 0 fully saturated rings. The first-order valence-electron chi connectivity index (χ1n) is 11.2. The predicted molar refractivity (Wildman–Crippen MR) is 125 cm³/mol. The summed E-state index contributed by atoms with van der Waals surface area (Å²) >= 11 is 0. The topological polar surface area (TPSA) is 131 Å². The zero-order chi connectivity index (χ0) is 25.6. The summed E-state index contributed by atoms with van der Waals surface area (Å²) in [4.78, 5) is 29.2. The van der Waals surface area contributed by atoms with Crippen molar-refractivity contribution < 1.29 is 22.8 Å². The highest BCUT2D eigenvalue weighted by atomic mass is 19.4. The largest absolute Gasteiger partial charge is 0.435 e. The summed E-state index contributed by atoms with van der Waals surface area (Å²) in [5, 5.41) is 11.0. The van der Waals surface area contributed by atoms with Crippen molar-refractivity contribution in [3.05, 3.63) is 53.2 Å². The maximum atomic E-state index is 13.2. The normalized spacial score (nSPS) is 11.5. The van der Waals surface area contributed by atoms with Gasteiger partial charge in [0, 0.05) is 31.0 Å². The second kappa shape index (κ2) is 11.2. The second-order valence-electron chi connectivity index (χ2n) is 8.11. The lowest BCUT2D eigenvalue weighted by atomic mass is 10.1. The van der Waals surface area contributed by atoms with E-state index in [2.05, 4.69) is 25.8 Å². The summed E-state index contributed by atoms with van der Waals surface area (Å²) in [5.74, 6) is -0.887. The Bertz CT molecular complexity index is 1180. The summed E-state index contributed by atoms with van der Waals surface area (Å²) < 4.78 is 40.8. The summed E-state index contributed by atoms with van der Waals surface area (Å²) in [6, 6.07) is 4.85. The molecule has 3 aromatic rings. The van der Waals surface area contributed by atoms with E-state index < -0.39 is 17.8 Å². The Balaban J connectivity index is 1.66. The number of unbranched alkanes of at least 4 members (excludes halogenated alkanes) is 3. The van der Waals surface area contributed by atoms with Crippen LogP contribution in [0.3, 0.4) is 0 Å². The summed E-state index contributed by atoms with van der Waals surface area (Å²) in [6.07, 6.45) is 1.50. The number of nitrogens with two attached hydrogens (primary N) is 1. The van der Waals surface area contributed by atoms with Crippen LogP contribution in [-0.2, 0) is 13.2 Å². The lowest BCUT2D eigenvalue weighted by molar-refractivity contribution is -0.140. The molecule has 2 amide bonds. The molecule has 2 aromatic heterocycles. The number of aryl methyl sites for hydroxylation is 1. The van der Waals surface area contributed by atoms with Crippen LogP contribution < -0.4 is 16.4 Å². The summed E-state index contributed by atoms with van der Waals surface area (Å²) in [5.41, 5.74) is 5.83. The number of nitrogens with one attached hydrogen (secondary N) is 3. The van der Waals surface area contributed by atoms with E-state index in [9.17, 15) is 22.8 Å². The molecule has 0 aliphatic rings. The van der Waals surface area contributed by atoms with Crippen LogP contribution >= 0.6 is 0 Å². The number of carbonyl (C=O) groups is 2. The van der Waals surface area contributed by atoms with Gasteiger partial charge in [-0.15, -0.1) is 0 Å². The average molecular weight is 492 g/mol. The summed E-state index contributed by atoms with van der Waals surface area (Å²) in [6.45, 7) is 2.98. The molecule has 0 atom stereocenters. The van der Waals surface area contributed by atoms with Crippen molar-refractivity contribution in [2.75, 3.05) is 18.4 Å². The van der Waals surface area contributed by atoms with Gasteiger partial charge in [-0.2, -0.15) is 18.3 Å². The van der Waals surface area contributed by atoms with Crippen molar-refractivity contribution in [1.82, 2.24) is 25.1 Å². The van der Waals surface area contributed by atoms with Crippen molar-refractivity contribution in [3.63, 3.8) is 0 Å². The predicted octanol–water partition coefficient (Wildman–Crippen LogP) is 3.64. The van der Waals surface area contributed by atoms with Crippen molar-refractivity contribution in [3.8, 4) is 11.3 Å². The van der Waals surface area contributed by atoms with E-state index in [-0.39, 0.29) is 23.0 Å². The van der Waals surface area contributed by atoms with Gasteiger partial charge in [-0.1, -0.05) is 12.8 Å². The highest BCUT2D eigenvalue weighted by Gasteiger charge is 2.37. The molecule has 0 bridgehead atoms. The number of rotatable bonds is 10. The van der Waals surface area contributed by atoms with E-state index in [0.717, 1.165) is 31.9 Å². The first-order valence-corrected chi connectivity index (χ1v) is 11.2. The molecular weight excluding hydrogens is 463 g/mol. The highest BCUT2D eigenvalue weighted by Crippen LogP contribution is 2.35. The monoisotopic (exact) mass is 491 g/mol. The zero-order valence-corrected chi connectivity index (χ0v) is 19.5. The van der Waals surface area contributed by atoms with Gasteiger partial charge in [-0.25, -0.2) is 4.98 Å². The quantitative estimate of drug-likeness (QED) is 0.322. The Morgan fingerprint density at radius 2 is 1.89 bits per heavy atom. The first kappa shape index (κ1) is 25.9. The lowest BCUT2D eigenvalue weighted by Gasteiger charge is -2.11. The maximum Gasteiger partial charge on any atom is 0.435 e. The number of H-pyrrole nitrogens is 1. The van der Waals surface area contributed by atoms with Crippen LogP contribution in [0.15, 0.2) is 30.6 Å². The van der Waals surface area contributed by atoms with Crippen LogP contribution in [0.5, 0.6) is 0 Å². The molecule has 0 saturated carbocycles. The van der Waals surface area contributed by atoms with Crippen molar-refractivity contribution in [2.45, 2.75) is 38.8 Å². The molecule has 9 nitrogen and oxygen atoms in total. The second-order valence-corrected chi connectivity index (χ2v) is 8.11. The van der Waals surface area contributed by atoms with Crippen LogP contribution in [0.2, 0.25) is 0 Å². The SMILES string of the molecule is Cc1cc(NC(=O)c2ncc(-c3c[nH]nc3C(F)(F)F)n2C)ccc1C(=O)NCCCCCCN. The van der Waals surface area contributed by atoms with E-state index in [0.29, 0.717) is 29.9 Å². The van der Waals surface area contributed by atoms with Crippen molar-refractivity contribution in [1.29, 1.82) is 0 Å². The summed E-state index contributed by atoms with van der Waals surface area (Å²) in [7, 11) is 1.44. The number of aromatic nitrogens is 4. The third kappa shape index (κ3) is 6.27. The molecule has 0 radical (unpaired) electrons. The van der Waals surface area contributed by atoms with Gasteiger partial charge in [-0.3, -0.25) is 14.7 Å². The van der Waals surface area contributed by atoms with Gasteiger partial charge in [0.2, 0.25) is 0 Å². The molecule has 0 spiro atoms. The minimum Gasteiger partial charge on any atom is -0.352 e. The molecule has 0 aliphatic carbocycles. The number of carbonyl (C=O) groups excluding carboxylic acids is 2. The highest BCUT2D eigenvalue weighted by molar-refractivity contribution is 6.03. The molecule has 2 heterocycles. The van der Waals surface area contributed by atoms with Crippen LogP contribution in [-0.4, -0.2) is 44.7 Å². The molecule has 5 N–H and O–H groups in total. The van der Waals surface area contributed by atoms with Gasteiger partial charge in [0.15, 0.2) is 11.5 Å². The Morgan fingerprint density at radius 1 is 1.14 bits per heavy atom. The van der Waals surface area contributed by atoms with E-state index in [1.54, 1.807) is 25.1 Å². The number of imidazole rings is 1.